The van der Waals surface area contributed by atoms with Gasteiger partial charge in [-0.25, -0.2) is 13.6 Å². The van der Waals surface area contributed by atoms with E-state index in [-0.39, 0.29) is 75.3 Å². The Bertz CT molecular complexity index is 497. The van der Waals surface area contributed by atoms with E-state index in [2.05, 4.69) is 10.3 Å². The number of rotatable bonds is 3. The summed E-state index contributed by atoms with van der Waals surface area (Å²) in [6.45, 7) is 0. The third-order valence-corrected chi connectivity index (χ3v) is 3.22. The molecule has 0 atom stereocenters. The Morgan fingerprint density at radius 3 is 2.50 bits per heavy atom. The van der Waals surface area contributed by atoms with Crippen molar-refractivity contribution in [3.63, 3.8) is 0 Å². The number of nitrogens with one attached hydrogen (secondary N) is 1. The van der Waals surface area contributed by atoms with Gasteiger partial charge in [-0.1, -0.05) is 0 Å². The number of nitrogens with zero attached hydrogens (tertiary/aromatic N) is 1. The maximum atomic E-state index is 12.4. The van der Waals surface area contributed by atoms with Crippen LogP contribution in [0.15, 0.2) is 18.3 Å². The summed E-state index contributed by atoms with van der Waals surface area (Å²) in [4.78, 5) is 14.6. The zero-order valence-corrected chi connectivity index (χ0v) is 15.3. The summed E-state index contributed by atoms with van der Waals surface area (Å²) < 4.78 is 43.0. The van der Waals surface area contributed by atoms with Gasteiger partial charge >= 0.3 is 59.1 Å². The number of carbonyl (C=O) groups is 1. The van der Waals surface area contributed by atoms with Gasteiger partial charge in [-0.3, -0.25) is 4.79 Å². The van der Waals surface area contributed by atoms with Crippen molar-refractivity contribution in [1.82, 2.24) is 4.98 Å². The van der Waals surface area contributed by atoms with Crippen LogP contribution in [0.2, 0.25) is 0 Å². The predicted molar refractivity (Wildman–Crippen MR) is 54.8 cm³/mol. The standard InChI is InChI=1S/C7H7FN2O4S2.2Na/c8-5-1-2-6(9-3-5)10-7(11)4-15-16(12,13)14;;/h1-3H,4H2,(H2-,9,10,11,12,13,14);;/q;2*+1/p-1. The monoisotopic (exact) mass is 311 g/mol. The van der Waals surface area contributed by atoms with Crippen LogP contribution in [0, 0.1) is 5.82 Å². The Labute approximate surface area is 151 Å². The maximum absolute atomic E-state index is 12.4. The van der Waals surface area contributed by atoms with Crippen LogP contribution in [0.1, 0.15) is 0 Å². The summed E-state index contributed by atoms with van der Waals surface area (Å²) in [5.74, 6) is -1.72. The maximum Gasteiger partial charge on any atom is 1.00 e. The summed E-state index contributed by atoms with van der Waals surface area (Å²) in [6.07, 6.45) is 0.896. The van der Waals surface area contributed by atoms with E-state index in [1.54, 1.807) is 0 Å². The summed E-state index contributed by atoms with van der Waals surface area (Å²) >= 11 is 0. The second-order valence-corrected chi connectivity index (χ2v) is 5.85. The van der Waals surface area contributed by atoms with E-state index in [9.17, 15) is 22.5 Å². The second-order valence-electron chi connectivity index (χ2n) is 2.58. The third kappa shape index (κ3) is 9.73. The van der Waals surface area contributed by atoms with E-state index in [0.717, 1.165) is 12.3 Å². The number of hydrogen-bond acceptors (Lipinski definition) is 5. The molecule has 1 aromatic rings. The molecule has 0 saturated heterocycles. The largest absolute Gasteiger partial charge is 1.00 e. The number of anilines is 1. The van der Waals surface area contributed by atoms with Gasteiger partial charge in [-0.05, 0) is 12.1 Å². The molecule has 1 N–H and O–H groups in total. The Hall–Kier alpha value is 0.840. The fourth-order valence-electron chi connectivity index (χ4n) is 0.754. The van der Waals surface area contributed by atoms with Crippen molar-refractivity contribution < 1.29 is 81.6 Å². The summed E-state index contributed by atoms with van der Waals surface area (Å²) in [5, 5.41) is 2.20. The zero-order chi connectivity index (χ0) is 12.2. The first-order chi connectivity index (χ1) is 7.37. The SMILES string of the molecule is O=C(C[S+]=S(=O)([O-])[O-])Nc1ccc(F)cn1.[Na+].[Na+]. The van der Waals surface area contributed by atoms with E-state index >= 15 is 0 Å². The molecule has 0 aliphatic rings. The van der Waals surface area contributed by atoms with Crippen molar-refractivity contribution >= 4 is 31.1 Å². The molecule has 0 radical (unpaired) electrons. The van der Waals surface area contributed by atoms with Gasteiger partial charge in [0.15, 0.2) is 0 Å². The molecule has 0 bridgehead atoms. The van der Waals surface area contributed by atoms with Crippen LogP contribution in [0.3, 0.4) is 0 Å². The van der Waals surface area contributed by atoms with Gasteiger partial charge in [0.2, 0.25) is 10.3 Å². The van der Waals surface area contributed by atoms with Crippen molar-refractivity contribution in [3.05, 3.63) is 24.1 Å². The number of amides is 1. The summed E-state index contributed by atoms with van der Waals surface area (Å²) in [7, 11) is -4.53. The Balaban J connectivity index is 0. The molecular weight excluding hydrogens is 305 g/mol. The Morgan fingerprint density at radius 2 is 2.06 bits per heavy atom. The molecule has 0 aliphatic heterocycles. The average molecular weight is 311 g/mol. The van der Waals surface area contributed by atoms with Crippen molar-refractivity contribution in [2.24, 2.45) is 0 Å². The molecular formula is C7H6FN2Na2O4S2+. The van der Waals surface area contributed by atoms with E-state index < -0.39 is 26.5 Å². The van der Waals surface area contributed by atoms with Gasteiger partial charge in [0.25, 0.3) is 11.7 Å². The first-order valence-corrected chi connectivity index (χ1v) is 6.79. The first-order valence-electron chi connectivity index (χ1n) is 3.88. The van der Waals surface area contributed by atoms with Gasteiger partial charge < -0.3 is 14.4 Å². The third-order valence-electron chi connectivity index (χ3n) is 1.33. The Kier molecular flexibility index (Phi) is 11.4. The van der Waals surface area contributed by atoms with Crippen LogP contribution >= 0.6 is 0 Å². The van der Waals surface area contributed by atoms with Gasteiger partial charge in [0.1, 0.15) is 11.6 Å². The number of hydrogen-bond donors (Lipinski definition) is 1. The van der Waals surface area contributed by atoms with Gasteiger partial charge in [0, 0.05) is 0 Å². The van der Waals surface area contributed by atoms with Crippen molar-refractivity contribution in [2.45, 2.75) is 0 Å². The molecule has 1 rings (SSSR count). The zero-order valence-electron chi connectivity index (χ0n) is 9.71. The molecule has 1 aromatic heterocycles. The van der Waals surface area contributed by atoms with Crippen LogP contribution in [-0.2, 0) is 24.2 Å². The minimum Gasteiger partial charge on any atom is -0.746 e. The second kappa shape index (κ2) is 9.70. The van der Waals surface area contributed by atoms with Crippen LogP contribution in [-0.4, -0.2) is 30.0 Å². The van der Waals surface area contributed by atoms with E-state index in [1.807, 2.05) is 0 Å². The van der Waals surface area contributed by atoms with Crippen molar-refractivity contribution in [1.29, 1.82) is 0 Å². The van der Waals surface area contributed by atoms with Crippen LogP contribution in [0.25, 0.3) is 0 Å². The molecule has 0 aliphatic carbocycles. The fraction of sp³-hybridized carbons (Fsp3) is 0.143. The Morgan fingerprint density at radius 1 is 1.44 bits per heavy atom. The van der Waals surface area contributed by atoms with Crippen LogP contribution in [0.4, 0.5) is 10.2 Å². The molecule has 1 amide bonds. The minimum atomic E-state index is -4.49. The molecule has 1 heterocycles. The van der Waals surface area contributed by atoms with Crippen LogP contribution in [0.5, 0.6) is 0 Å². The smallest absolute Gasteiger partial charge is 0.746 e. The van der Waals surface area contributed by atoms with E-state index in [4.69, 9.17) is 0 Å². The molecule has 0 spiro atoms. The van der Waals surface area contributed by atoms with E-state index in [0.29, 0.717) is 0 Å². The molecule has 0 aromatic carbocycles. The first kappa shape index (κ1) is 21.1. The molecule has 6 nitrogen and oxygen atoms in total. The van der Waals surface area contributed by atoms with Gasteiger partial charge in [-0.2, -0.15) is 0 Å². The number of aromatic nitrogens is 1. The number of carbonyl (C=O) groups excluding carboxylic acids is 1. The quantitative estimate of drug-likeness (QED) is 0.442. The predicted octanol–water partition coefficient (Wildman–Crippen LogP) is -6.29. The molecule has 0 unspecified atom stereocenters. The normalized spacial score (nSPS) is 9.72. The average Bonchev–Trinajstić information content (AvgIpc) is 2.18. The fourth-order valence-corrected chi connectivity index (χ4v) is 1.83. The number of pyridine rings is 1. The molecule has 11 heteroatoms. The van der Waals surface area contributed by atoms with Crippen molar-refractivity contribution in [3.8, 4) is 0 Å². The molecule has 0 saturated carbocycles. The number of halogens is 1. The minimum absolute atomic E-state index is 0. The molecule has 18 heavy (non-hydrogen) atoms. The van der Waals surface area contributed by atoms with E-state index in [1.165, 1.54) is 6.07 Å². The molecule has 88 valence electrons. The van der Waals surface area contributed by atoms with Gasteiger partial charge in [0.05, 0.1) is 15.3 Å². The summed E-state index contributed by atoms with van der Waals surface area (Å²) in [6, 6.07) is 2.30. The summed E-state index contributed by atoms with van der Waals surface area (Å²) in [5.41, 5.74) is 0. The van der Waals surface area contributed by atoms with Gasteiger partial charge in [-0.15, -0.1) is 0 Å². The topological polar surface area (TPSA) is 105 Å². The van der Waals surface area contributed by atoms with Crippen LogP contribution < -0.4 is 64.4 Å². The van der Waals surface area contributed by atoms with Crippen molar-refractivity contribution in [2.75, 3.05) is 11.1 Å². The molecule has 0 fully saturated rings.